The van der Waals surface area contributed by atoms with E-state index in [1.807, 2.05) is 6.07 Å². The molecule has 150 valence electrons. The van der Waals surface area contributed by atoms with E-state index in [2.05, 4.69) is 35.4 Å². The van der Waals surface area contributed by atoms with Gasteiger partial charge in [-0.15, -0.1) is 0 Å². The standard InChI is InChI=1S/C19H25F2N7/c1-22-18(26-14-15-13-16(20)3-4-17(15)21)23-7-8-27-9-11-28(12-10-27)19-24-5-2-6-25-19/h2-6,13H,7-12,14H2,1H3,(H2,22,23,26). The molecule has 7 nitrogen and oxygen atoms in total. The molecule has 2 N–H and O–H groups in total. The topological polar surface area (TPSA) is 68.7 Å². The summed E-state index contributed by atoms with van der Waals surface area (Å²) in [6, 6.07) is 5.23. The number of nitrogens with one attached hydrogen (secondary N) is 2. The van der Waals surface area contributed by atoms with E-state index in [0.717, 1.165) is 50.8 Å². The first-order chi connectivity index (χ1) is 13.7. The number of guanidine groups is 1. The molecule has 2 heterocycles. The molecule has 0 radical (unpaired) electrons. The van der Waals surface area contributed by atoms with Crippen molar-refractivity contribution in [1.29, 1.82) is 0 Å². The van der Waals surface area contributed by atoms with E-state index in [4.69, 9.17) is 0 Å². The molecule has 2 aromatic rings. The van der Waals surface area contributed by atoms with E-state index < -0.39 is 11.6 Å². The Kier molecular flexibility index (Phi) is 7.07. The zero-order chi connectivity index (χ0) is 19.8. The van der Waals surface area contributed by atoms with E-state index in [9.17, 15) is 8.78 Å². The van der Waals surface area contributed by atoms with Crippen LogP contribution in [0.3, 0.4) is 0 Å². The van der Waals surface area contributed by atoms with Gasteiger partial charge in [0.15, 0.2) is 5.96 Å². The number of hydrogen-bond acceptors (Lipinski definition) is 5. The van der Waals surface area contributed by atoms with Gasteiger partial charge in [0.2, 0.25) is 5.95 Å². The molecular weight excluding hydrogens is 364 g/mol. The zero-order valence-electron chi connectivity index (χ0n) is 15.9. The third-order valence-corrected chi connectivity index (χ3v) is 4.61. The number of hydrogen-bond donors (Lipinski definition) is 2. The Balaban J connectivity index is 1.37. The van der Waals surface area contributed by atoms with Gasteiger partial charge in [-0.05, 0) is 24.3 Å². The zero-order valence-corrected chi connectivity index (χ0v) is 15.9. The average Bonchev–Trinajstić information content (AvgIpc) is 2.74. The molecule has 3 rings (SSSR count). The van der Waals surface area contributed by atoms with Crippen molar-refractivity contribution >= 4 is 11.9 Å². The number of anilines is 1. The molecule has 0 aliphatic carbocycles. The maximum atomic E-state index is 13.7. The maximum Gasteiger partial charge on any atom is 0.225 e. The van der Waals surface area contributed by atoms with Crippen molar-refractivity contribution < 1.29 is 8.78 Å². The summed E-state index contributed by atoms with van der Waals surface area (Å²) in [7, 11) is 1.65. The minimum atomic E-state index is -0.457. The summed E-state index contributed by atoms with van der Waals surface area (Å²) in [5.41, 5.74) is 0.266. The molecule has 1 aromatic heterocycles. The van der Waals surface area contributed by atoms with Crippen molar-refractivity contribution in [3.8, 4) is 0 Å². The molecule has 1 aromatic carbocycles. The van der Waals surface area contributed by atoms with Gasteiger partial charge in [-0.2, -0.15) is 0 Å². The summed E-state index contributed by atoms with van der Waals surface area (Å²) in [6.07, 6.45) is 3.51. The van der Waals surface area contributed by atoms with E-state index >= 15 is 0 Å². The molecule has 0 atom stereocenters. The Morgan fingerprint density at radius 3 is 2.57 bits per heavy atom. The molecule has 1 saturated heterocycles. The number of aromatic nitrogens is 2. The molecule has 28 heavy (non-hydrogen) atoms. The highest BCUT2D eigenvalue weighted by Crippen LogP contribution is 2.10. The number of halogens is 2. The fraction of sp³-hybridized carbons (Fsp3) is 0.421. The third-order valence-electron chi connectivity index (χ3n) is 4.61. The van der Waals surface area contributed by atoms with Gasteiger partial charge < -0.3 is 15.5 Å². The second-order valence-electron chi connectivity index (χ2n) is 6.47. The first kappa shape index (κ1) is 19.9. The van der Waals surface area contributed by atoms with Crippen molar-refractivity contribution in [3.05, 3.63) is 53.9 Å². The highest BCUT2D eigenvalue weighted by Gasteiger charge is 2.18. The molecule has 1 aliphatic heterocycles. The first-order valence-electron chi connectivity index (χ1n) is 9.28. The van der Waals surface area contributed by atoms with Gasteiger partial charge in [0, 0.05) is 70.8 Å². The summed E-state index contributed by atoms with van der Waals surface area (Å²) in [5, 5.41) is 6.22. The van der Waals surface area contributed by atoms with Crippen LogP contribution in [0.15, 0.2) is 41.7 Å². The minimum absolute atomic E-state index is 0.166. The van der Waals surface area contributed by atoms with Gasteiger partial charge in [0.25, 0.3) is 0 Å². The average molecular weight is 389 g/mol. The number of rotatable bonds is 6. The van der Waals surface area contributed by atoms with Crippen LogP contribution in [0.2, 0.25) is 0 Å². The van der Waals surface area contributed by atoms with Crippen LogP contribution in [0.25, 0.3) is 0 Å². The Hall–Kier alpha value is -2.81. The minimum Gasteiger partial charge on any atom is -0.355 e. The van der Waals surface area contributed by atoms with E-state index in [0.29, 0.717) is 12.5 Å². The van der Waals surface area contributed by atoms with Crippen LogP contribution >= 0.6 is 0 Å². The SMILES string of the molecule is CN=C(NCCN1CCN(c2ncccn2)CC1)NCc1cc(F)ccc1F. The van der Waals surface area contributed by atoms with Crippen molar-refractivity contribution in [3.63, 3.8) is 0 Å². The summed E-state index contributed by atoms with van der Waals surface area (Å²) < 4.78 is 26.9. The van der Waals surface area contributed by atoms with Crippen LogP contribution in [0.1, 0.15) is 5.56 Å². The lowest BCUT2D eigenvalue weighted by atomic mass is 10.2. The van der Waals surface area contributed by atoms with Crippen molar-refractivity contribution in [2.75, 3.05) is 51.2 Å². The second kappa shape index (κ2) is 9.93. The largest absolute Gasteiger partial charge is 0.355 e. The smallest absolute Gasteiger partial charge is 0.225 e. The number of aliphatic imine (C=N–C) groups is 1. The first-order valence-corrected chi connectivity index (χ1v) is 9.28. The normalized spacial score (nSPS) is 15.5. The van der Waals surface area contributed by atoms with Crippen LogP contribution in [0, 0.1) is 11.6 Å². The Morgan fingerprint density at radius 1 is 1.11 bits per heavy atom. The van der Waals surface area contributed by atoms with Gasteiger partial charge in [0.1, 0.15) is 11.6 Å². The fourth-order valence-electron chi connectivity index (χ4n) is 3.04. The van der Waals surface area contributed by atoms with Crippen LogP contribution in [0.5, 0.6) is 0 Å². The van der Waals surface area contributed by atoms with Gasteiger partial charge in [-0.3, -0.25) is 9.89 Å². The highest BCUT2D eigenvalue weighted by molar-refractivity contribution is 5.79. The summed E-state index contributed by atoms with van der Waals surface area (Å²) >= 11 is 0. The number of piperazine rings is 1. The molecule has 0 bridgehead atoms. The van der Waals surface area contributed by atoms with Crippen molar-refractivity contribution in [2.24, 2.45) is 4.99 Å². The quantitative estimate of drug-likeness (QED) is 0.572. The highest BCUT2D eigenvalue weighted by atomic mass is 19.1. The predicted molar refractivity (Wildman–Crippen MR) is 105 cm³/mol. The van der Waals surface area contributed by atoms with Crippen molar-refractivity contribution in [2.45, 2.75) is 6.54 Å². The number of benzene rings is 1. The molecule has 1 fully saturated rings. The van der Waals surface area contributed by atoms with E-state index in [1.165, 1.54) is 6.07 Å². The Labute approximate surface area is 163 Å². The molecule has 9 heteroatoms. The van der Waals surface area contributed by atoms with Crippen LogP contribution in [-0.2, 0) is 6.54 Å². The summed E-state index contributed by atoms with van der Waals surface area (Å²) in [6.45, 7) is 5.36. The van der Waals surface area contributed by atoms with Crippen LogP contribution in [-0.4, -0.2) is 67.1 Å². The molecule has 0 spiro atoms. The van der Waals surface area contributed by atoms with Gasteiger partial charge >= 0.3 is 0 Å². The number of nitrogens with zero attached hydrogens (tertiary/aromatic N) is 5. The monoisotopic (exact) mass is 389 g/mol. The van der Waals surface area contributed by atoms with Crippen LogP contribution < -0.4 is 15.5 Å². The lowest BCUT2D eigenvalue weighted by molar-refractivity contribution is 0.260. The summed E-state index contributed by atoms with van der Waals surface area (Å²) in [4.78, 5) is 17.2. The Bertz CT molecular complexity index is 777. The Morgan fingerprint density at radius 2 is 1.86 bits per heavy atom. The van der Waals surface area contributed by atoms with Crippen LogP contribution in [0.4, 0.5) is 14.7 Å². The molecule has 0 amide bonds. The molecular formula is C19H25F2N7. The second-order valence-corrected chi connectivity index (χ2v) is 6.47. The predicted octanol–water partition coefficient (Wildman–Crippen LogP) is 1.24. The van der Waals surface area contributed by atoms with E-state index in [1.54, 1.807) is 19.4 Å². The molecule has 0 unspecified atom stereocenters. The lowest BCUT2D eigenvalue weighted by Crippen LogP contribution is -2.49. The summed E-state index contributed by atoms with van der Waals surface area (Å²) in [5.74, 6) is 0.431. The van der Waals surface area contributed by atoms with Crippen molar-refractivity contribution in [1.82, 2.24) is 25.5 Å². The van der Waals surface area contributed by atoms with Gasteiger partial charge in [-0.25, -0.2) is 18.7 Å². The fourth-order valence-corrected chi connectivity index (χ4v) is 3.04. The third kappa shape index (κ3) is 5.59. The lowest BCUT2D eigenvalue weighted by Gasteiger charge is -2.34. The van der Waals surface area contributed by atoms with E-state index in [-0.39, 0.29) is 12.1 Å². The molecule has 1 aliphatic rings. The molecule has 0 saturated carbocycles. The maximum absolute atomic E-state index is 13.7. The van der Waals surface area contributed by atoms with Gasteiger partial charge in [0.05, 0.1) is 0 Å². The van der Waals surface area contributed by atoms with Gasteiger partial charge in [-0.1, -0.05) is 0 Å².